The van der Waals surface area contributed by atoms with E-state index in [0.29, 0.717) is 24.2 Å². The number of Topliss-reactive ketones (excluding diaryl/α,β-unsaturated/α-hetero) is 1. The summed E-state index contributed by atoms with van der Waals surface area (Å²) >= 11 is 0. The summed E-state index contributed by atoms with van der Waals surface area (Å²) in [5.41, 5.74) is 0.564. The summed E-state index contributed by atoms with van der Waals surface area (Å²) in [4.78, 5) is 17.7. The molecule has 2 heterocycles. The molecule has 32 heavy (non-hydrogen) atoms. The Hall–Kier alpha value is -1.75. The van der Waals surface area contributed by atoms with Gasteiger partial charge in [-0.1, -0.05) is 6.92 Å². The van der Waals surface area contributed by atoms with Crippen LogP contribution in [-0.4, -0.2) is 31.3 Å². The molecule has 172 valence electrons. The van der Waals surface area contributed by atoms with Crippen molar-refractivity contribution >= 4 is 16.7 Å². The molecule has 0 aromatic carbocycles. The van der Waals surface area contributed by atoms with Crippen molar-refractivity contribution in [1.82, 2.24) is 14.8 Å². The van der Waals surface area contributed by atoms with Gasteiger partial charge in [-0.25, -0.2) is 0 Å². The topological polar surface area (TPSA) is 68.0 Å². The number of pyridine rings is 1. The van der Waals surface area contributed by atoms with Crippen molar-refractivity contribution in [2.75, 3.05) is 0 Å². The molecule has 0 unspecified atom stereocenters. The normalized spacial score (nSPS) is 43.5. The summed E-state index contributed by atoms with van der Waals surface area (Å²) in [6.45, 7) is 4.86. The van der Waals surface area contributed by atoms with Gasteiger partial charge in [0.15, 0.2) is 5.78 Å². The van der Waals surface area contributed by atoms with Gasteiger partial charge in [-0.2, -0.15) is 5.10 Å². The monoisotopic (exact) mass is 435 g/mol. The highest BCUT2D eigenvalue weighted by Crippen LogP contribution is 2.64. The zero-order valence-electron chi connectivity index (χ0n) is 19.5. The van der Waals surface area contributed by atoms with E-state index in [2.05, 4.69) is 17.0 Å². The fourth-order valence-electron chi connectivity index (χ4n) is 8.88. The van der Waals surface area contributed by atoms with Crippen LogP contribution in [0.25, 0.3) is 10.9 Å². The second-order valence-electron chi connectivity index (χ2n) is 12.1. The molecule has 5 heteroatoms. The third kappa shape index (κ3) is 3.26. The van der Waals surface area contributed by atoms with Crippen LogP contribution in [0.15, 0.2) is 24.7 Å². The fraction of sp³-hybridized carbons (Fsp3) is 0.741. The number of nitrogens with zero attached hydrogens (tertiary/aromatic N) is 3. The number of fused-ring (bicyclic) bond motifs is 6. The first-order valence-corrected chi connectivity index (χ1v) is 12.9. The Morgan fingerprint density at radius 2 is 1.94 bits per heavy atom. The predicted octanol–water partition coefficient (Wildman–Crippen LogP) is 5.02. The van der Waals surface area contributed by atoms with Gasteiger partial charge in [0.1, 0.15) is 5.52 Å². The molecule has 2 aromatic rings. The molecule has 0 radical (unpaired) electrons. The molecule has 5 nitrogen and oxygen atoms in total. The number of carbonyl (C=O) groups excluding carboxylic acids is 1. The molecule has 4 fully saturated rings. The Balaban J connectivity index is 1.18. The van der Waals surface area contributed by atoms with Crippen molar-refractivity contribution < 1.29 is 9.90 Å². The summed E-state index contributed by atoms with van der Waals surface area (Å²) in [5, 5.41) is 16.3. The molecule has 4 saturated carbocycles. The predicted molar refractivity (Wildman–Crippen MR) is 124 cm³/mol. The van der Waals surface area contributed by atoms with Crippen LogP contribution in [0.5, 0.6) is 0 Å². The molecule has 8 atom stereocenters. The number of rotatable bonds is 3. The number of hydrogen-bond donors (Lipinski definition) is 1. The maximum absolute atomic E-state index is 13.5. The number of carbonyl (C=O) groups is 1. The minimum Gasteiger partial charge on any atom is -0.390 e. The molecular formula is C27H37N3O2. The van der Waals surface area contributed by atoms with Crippen LogP contribution in [0, 0.1) is 40.9 Å². The summed E-state index contributed by atoms with van der Waals surface area (Å²) in [5.74, 6) is 4.36. The molecule has 1 N–H and O–H groups in total. The number of ketones is 1. The van der Waals surface area contributed by atoms with E-state index in [4.69, 9.17) is 0 Å². The van der Waals surface area contributed by atoms with Gasteiger partial charge in [0.25, 0.3) is 0 Å². The van der Waals surface area contributed by atoms with Crippen LogP contribution >= 0.6 is 0 Å². The third-order valence-electron chi connectivity index (χ3n) is 10.3. The van der Waals surface area contributed by atoms with E-state index < -0.39 is 5.60 Å². The molecule has 0 amide bonds. The van der Waals surface area contributed by atoms with Gasteiger partial charge < -0.3 is 5.11 Å². The quantitative estimate of drug-likeness (QED) is 0.735. The molecule has 6 rings (SSSR count). The van der Waals surface area contributed by atoms with E-state index in [-0.39, 0.29) is 11.3 Å². The van der Waals surface area contributed by atoms with Crippen molar-refractivity contribution in [3.05, 3.63) is 24.7 Å². The SMILES string of the molecule is C[C@@]1(O)CC[C@H]2[C@@H](CC[C@@H]3[C@@H]2CC[C@]2(C)[C@@H](C(=O)Cn4cc5ccncc5n4)CC[C@@H]32)C1. The zero-order chi connectivity index (χ0) is 22.1. The molecule has 0 saturated heterocycles. The second-order valence-corrected chi connectivity index (χ2v) is 12.1. The van der Waals surface area contributed by atoms with Gasteiger partial charge >= 0.3 is 0 Å². The smallest absolute Gasteiger partial charge is 0.157 e. The number of hydrogen-bond acceptors (Lipinski definition) is 4. The summed E-state index contributed by atoms with van der Waals surface area (Å²) in [7, 11) is 0. The van der Waals surface area contributed by atoms with Gasteiger partial charge in [-0.15, -0.1) is 0 Å². The highest BCUT2D eigenvalue weighted by atomic mass is 16.3. The molecule has 0 aliphatic heterocycles. The summed E-state index contributed by atoms with van der Waals surface area (Å²) in [6.07, 6.45) is 16.0. The Morgan fingerprint density at radius 3 is 2.78 bits per heavy atom. The molecule has 0 spiro atoms. The highest BCUT2D eigenvalue weighted by molar-refractivity contribution is 5.83. The van der Waals surface area contributed by atoms with Gasteiger partial charge in [0.05, 0.1) is 18.3 Å². The van der Waals surface area contributed by atoms with E-state index in [1.54, 1.807) is 12.4 Å². The molecule has 4 aliphatic carbocycles. The Bertz CT molecular complexity index is 996. The second kappa shape index (κ2) is 7.38. The first-order chi connectivity index (χ1) is 15.3. The van der Waals surface area contributed by atoms with Gasteiger partial charge in [-0.3, -0.25) is 14.5 Å². The summed E-state index contributed by atoms with van der Waals surface area (Å²) < 4.78 is 1.83. The van der Waals surface area contributed by atoms with E-state index in [9.17, 15) is 9.90 Å². The van der Waals surface area contributed by atoms with Gasteiger partial charge in [0.2, 0.25) is 0 Å². The Kier molecular flexibility index (Phi) is 4.80. The molecule has 2 aromatic heterocycles. The van der Waals surface area contributed by atoms with E-state index >= 15 is 0 Å². The maximum Gasteiger partial charge on any atom is 0.157 e. The lowest BCUT2D eigenvalue weighted by Crippen LogP contribution is -2.51. The van der Waals surface area contributed by atoms with Crippen LogP contribution in [0.4, 0.5) is 0 Å². The lowest BCUT2D eigenvalue weighted by atomic mass is 9.49. The van der Waals surface area contributed by atoms with Crippen molar-refractivity contribution in [3.8, 4) is 0 Å². The summed E-state index contributed by atoms with van der Waals surface area (Å²) in [6, 6.07) is 1.96. The average Bonchev–Trinajstić information content (AvgIpc) is 3.32. The van der Waals surface area contributed by atoms with Crippen LogP contribution in [0.1, 0.15) is 71.6 Å². The zero-order valence-corrected chi connectivity index (χ0v) is 19.5. The van der Waals surface area contributed by atoms with Crippen LogP contribution in [0.2, 0.25) is 0 Å². The molecular weight excluding hydrogens is 398 g/mol. The van der Waals surface area contributed by atoms with Crippen molar-refractivity contribution in [2.45, 2.75) is 83.8 Å². The largest absolute Gasteiger partial charge is 0.390 e. The lowest BCUT2D eigenvalue weighted by Gasteiger charge is -2.56. The van der Waals surface area contributed by atoms with Crippen molar-refractivity contribution in [2.24, 2.45) is 40.9 Å². The average molecular weight is 436 g/mol. The highest BCUT2D eigenvalue weighted by Gasteiger charge is 2.58. The molecule has 0 bridgehead atoms. The fourth-order valence-corrected chi connectivity index (χ4v) is 8.88. The van der Waals surface area contributed by atoms with Gasteiger partial charge in [0, 0.05) is 23.7 Å². The first-order valence-electron chi connectivity index (χ1n) is 12.9. The standard InChI is InChI=1S/C27H37N3O2/c1-26(32)10-7-19-17(13-26)3-4-21-20(19)8-11-27(2)22(21)5-6-23(27)25(31)16-30-15-18-9-12-28-14-24(18)29-30/h9,12,14-15,17,19-23,32H,3-8,10-11,13,16H2,1-2H3/t17-,19-,20+,21+,22-,23+,26+,27-/m0/s1. The van der Waals surface area contributed by atoms with Crippen LogP contribution < -0.4 is 0 Å². The van der Waals surface area contributed by atoms with Gasteiger partial charge in [-0.05, 0) is 106 Å². The minimum atomic E-state index is -0.449. The first kappa shape index (κ1) is 20.8. The Morgan fingerprint density at radius 1 is 1.09 bits per heavy atom. The van der Waals surface area contributed by atoms with E-state index in [1.165, 1.54) is 38.5 Å². The van der Waals surface area contributed by atoms with Crippen LogP contribution in [0.3, 0.4) is 0 Å². The van der Waals surface area contributed by atoms with E-state index in [0.717, 1.165) is 47.9 Å². The Labute approximate surface area is 191 Å². The van der Waals surface area contributed by atoms with E-state index in [1.807, 2.05) is 23.9 Å². The lowest BCUT2D eigenvalue weighted by molar-refractivity contribution is -0.133. The van der Waals surface area contributed by atoms with Crippen LogP contribution in [-0.2, 0) is 11.3 Å². The third-order valence-corrected chi connectivity index (χ3v) is 10.3. The number of aromatic nitrogens is 3. The van der Waals surface area contributed by atoms with Crippen molar-refractivity contribution in [1.29, 1.82) is 0 Å². The molecule has 4 aliphatic rings. The van der Waals surface area contributed by atoms with Crippen molar-refractivity contribution in [3.63, 3.8) is 0 Å². The number of aliphatic hydroxyl groups is 1. The minimum absolute atomic E-state index is 0.152. The maximum atomic E-state index is 13.5.